The Kier molecular flexibility index (Phi) is 14.0. The van der Waals surface area contributed by atoms with Crippen LogP contribution in [0.1, 0.15) is 107 Å². The molecule has 0 aromatic heterocycles. The summed E-state index contributed by atoms with van der Waals surface area (Å²) in [6.45, 7) is 14.2. The third-order valence-electron chi connectivity index (χ3n) is 5.70. The molecule has 0 bridgehead atoms. The van der Waals surface area contributed by atoms with Crippen LogP contribution in [0.3, 0.4) is 0 Å². The Labute approximate surface area is 187 Å². The first kappa shape index (κ1) is 26.3. The van der Waals surface area contributed by atoms with Crippen LogP contribution in [0.4, 0.5) is 0 Å². The van der Waals surface area contributed by atoms with Crippen molar-refractivity contribution in [2.24, 2.45) is 0 Å². The van der Waals surface area contributed by atoms with Crippen molar-refractivity contribution in [3.8, 4) is 5.75 Å². The zero-order chi connectivity index (χ0) is 22.2. The minimum atomic E-state index is 0.777. The molecule has 0 aliphatic rings. The molecule has 0 aliphatic carbocycles. The fourth-order valence-corrected chi connectivity index (χ4v) is 3.76. The van der Waals surface area contributed by atoms with E-state index in [0.29, 0.717) is 0 Å². The molecule has 0 fully saturated rings. The average Bonchev–Trinajstić information content (AvgIpc) is 2.75. The molecule has 0 unspecified atom stereocenters. The molecule has 2 aromatic rings. The third-order valence-corrected chi connectivity index (χ3v) is 5.70. The van der Waals surface area contributed by atoms with Crippen LogP contribution in [0.2, 0.25) is 0 Å². The Morgan fingerprint density at radius 1 is 0.733 bits per heavy atom. The molecule has 0 saturated heterocycles. The maximum absolute atomic E-state index is 5.50. The number of ether oxygens (including phenoxy) is 1. The summed E-state index contributed by atoms with van der Waals surface area (Å²) < 4.78 is 5.50. The Morgan fingerprint density at radius 3 is 1.90 bits per heavy atom. The summed E-state index contributed by atoms with van der Waals surface area (Å²) in [5.41, 5.74) is 5.89. The maximum Gasteiger partial charge on any atom is 0.119 e. The summed E-state index contributed by atoms with van der Waals surface area (Å²) in [7, 11) is 0. The first-order chi connectivity index (χ1) is 14.5. The van der Waals surface area contributed by atoms with Gasteiger partial charge in [0.15, 0.2) is 0 Å². The van der Waals surface area contributed by atoms with Crippen LogP contribution < -0.4 is 4.74 Å². The monoisotopic (exact) mass is 410 g/mol. The third kappa shape index (κ3) is 10.3. The van der Waals surface area contributed by atoms with Crippen LogP contribution in [0.25, 0.3) is 0 Å². The molecule has 0 heterocycles. The molecule has 0 radical (unpaired) electrons. The summed E-state index contributed by atoms with van der Waals surface area (Å²) in [6, 6.07) is 15.4. The van der Waals surface area contributed by atoms with Gasteiger partial charge in [-0.1, -0.05) is 89.3 Å². The van der Waals surface area contributed by atoms with E-state index < -0.39 is 0 Å². The molecule has 0 N–H and O–H groups in total. The van der Waals surface area contributed by atoms with Gasteiger partial charge in [0.2, 0.25) is 0 Å². The molecule has 0 aliphatic heterocycles. The van der Waals surface area contributed by atoms with E-state index in [9.17, 15) is 0 Å². The fraction of sp³-hybridized carbons (Fsp3) is 0.586. The van der Waals surface area contributed by atoms with E-state index >= 15 is 0 Å². The van der Waals surface area contributed by atoms with Gasteiger partial charge < -0.3 is 4.74 Å². The quantitative estimate of drug-likeness (QED) is 0.317. The molecule has 0 amide bonds. The zero-order valence-electron chi connectivity index (χ0n) is 20.6. The standard InChI is InChI=1S/C18H30.C11H16O/c1-5-8-11-16-12-13-18(14-15(16)4)17(9-6-2)10-7-3;1-3-4-9-12-11-7-5-10(2)6-8-11/h12-14,17H,5-11H2,1-4H3;5-8H,3-4,9H2,1-2H3. The minimum Gasteiger partial charge on any atom is -0.494 e. The number of benzene rings is 2. The Morgan fingerprint density at radius 2 is 1.37 bits per heavy atom. The summed E-state index contributed by atoms with van der Waals surface area (Å²) in [4.78, 5) is 0. The van der Waals surface area contributed by atoms with Crippen LogP contribution in [0.5, 0.6) is 5.75 Å². The first-order valence-electron chi connectivity index (χ1n) is 12.3. The number of aryl methyl sites for hydroxylation is 3. The molecule has 0 spiro atoms. The SMILES string of the molecule is CCCCOc1ccc(C)cc1.CCCCc1ccc(C(CCC)CCC)cc1C. The number of hydrogen-bond donors (Lipinski definition) is 0. The van der Waals surface area contributed by atoms with Gasteiger partial charge in [0, 0.05) is 0 Å². The average molecular weight is 411 g/mol. The van der Waals surface area contributed by atoms with Crippen molar-refractivity contribution in [2.75, 3.05) is 6.61 Å². The smallest absolute Gasteiger partial charge is 0.119 e. The molecule has 1 heteroatoms. The van der Waals surface area contributed by atoms with Crippen molar-refractivity contribution in [2.45, 2.75) is 105 Å². The van der Waals surface area contributed by atoms with Gasteiger partial charge in [-0.05, 0) is 80.7 Å². The van der Waals surface area contributed by atoms with E-state index in [4.69, 9.17) is 4.74 Å². The highest BCUT2D eigenvalue weighted by molar-refractivity contribution is 5.33. The Hall–Kier alpha value is -1.76. The predicted molar refractivity (Wildman–Crippen MR) is 134 cm³/mol. The molecule has 0 saturated carbocycles. The van der Waals surface area contributed by atoms with Gasteiger partial charge in [-0.15, -0.1) is 0 Å². The van der Waals surface area contributed by atoms with Crippen LogP contribution in [0.15, 0.2) is 42.5 Å². The van der Waals surface area contributed by atoms with E-state index in [1.807, 2.05) is 12.1 Å². The van der Waals surface area contributed by atoms with Crippen LogP contribution in [-0.4, -0.2) is 6.61 Å². The molecular formula is C29H46O. The lowest BCUT2D eigenvalue weighted by molar-refractivity contribution is 0.309. The van der Waals surface area contributed by atoms with E-state index in [1.54, 1.807) is 11.1 Å². The first-order valence-corrected chi connectivity index (χ1v) is 12.3. The summed E-state index contributed by atoms with van der Waals surface area (Å²) in [5.74, 6) is 1.76. The van der Waals surface area contributed by atoms with Gasteiger partial charge in [-0.3, -0.25) is 0 Å². The molecule has 2 aromatic carbocycles. The molecule has 2 rings (SSSR count). The highest BCUT2D eigenvalue weighted by Gasteiger charge is 2.10. The fourth-order valence-electron chi connectivity index (χ4n) is 3.76. The van der Waals surface area contributed by atoms with Crippen molar-refractivity contribution in [3.63, 3.8) is 0 Å². The predicted octanol–water partition coefficient (Wildman–Crippen LogP) is 9.20. The van der Waals surface area contributed by atoms with Gasteiger partial charge in [-0.25, -0.2) is 0 Å². The maximum atomic E-state index is 5.50. The number of unbranched alkanes of at least 4 members (excludes halogenated alkanes) is 2. The topological polar surface area (TPSA) is 9.23 Å². The molecule has 30 heavy (non-hydrogen) atoms. The lowest BCUT2D eigenvalue weighted by Crippen LogP contribution is -2.00. The molecule has 1 nitrogen and oxygen atoms in total. The van der Waals surface area contributed by atoms with Gasteiger partial charge in [0.1, 0.15) is 5.75 Å². The second-order valence-electron chi connectivity index (χ2n) is 8.58. The normalized spacial score (nSPS) is 10.6. The van der Waals surface area contributed by atoms with Crippen molar-refractivity contribution >= 4 is 0 Å². The summed E-state index contributed by atoms with van der Waals surface area (Å²) in [6.07, 6.45) is 11.4. The minimum absolute atomic E-state index is 0.777. The van der Waals surface area contributed by atoms with Gasteiger partial charge >= 0.3 is 0 Å². The Bertz CT molecular complexity index is 665. The van der Waals surface area contributed by atoms with Gasteiger partial charge in [0.25, 0.3) is 0 Å². The lowest BCUT2D eigenvalue weighted by atomic mass is 9.88. The van der Waals surface area contributed by atoms with Gasteiger partial charge in [-0.2, -0.15) is 0 Å². The van der Waals surface area contributed by atoms with Crippen LogP contribution in [0, 0.1) is 13.8 Å². The lowest BCUT2D eigenvalue weighted by Gasteiger charge is -2.17. The van der Waals surface area contributed by atoms with E-state index in [-0.39, 0.29) is 0 Å². The van der Waals surface area contributed by atoms with E-state index in [1.165, 1.54) is 62.5 Å². The second kappa shape index (κ2) is 16.0. The van der Waals surface area contributed by atoms with Crippen LogP contribution >= 0.6 is 0 Å². The second-order valence-corrected chi connectivity index (χ2v) is 8.58. The molecule has 0 atom stereocenters. The number of hydrogen-bond acceptors (Lipinski definition) is 1. The van der Waals surface area contributed by atoms with Crippen LogP contribution in [-0.2, 0) is 6.42 Å². The largest absolute Gasteiger partial charge is 0.494 e. The van der Waals surface area contributed by atoms with E-state index in [0.717, 1.165) is 24.7 Å². The van der Waals surface area contributed by atoms with Crippen molar-refractivity contribution in [1.82, 2.24) is 0 Å². The number of rotatable bonds is 12. The molecular weight excluding hydrogens is 364 g/mol. The summed E-state index contributed by atoms with van der Waals surface area (Å²) >= 11 is 0. The van der Waals surface area contributed by atoms with Crippen molar-refractivity contribution in [3.05, 3.63) is 64.7 Å². The molecule has 168 valence electrons. The van der Waals surface area contributed by atoms with Crippen molar-refractivity contribution < 1.29 is 4.74 Å². The van der Waals surface area contributed by atoms with E-state index in [2.05, 4.69) is 71.9 Å². The summed E-state index contributed by atoms with van der Waals surface area (Å²) in [5, 5.41) is 0. The highest BCUT2D eigenvalue weighted by atomic mass is 16.5. The Balaban J connectivity index is 0.000000325. The zero-order valence-corrected chi connectivity index (χ0v) is 20.6. The highest BCUT2D eigenvalue weighted by Crippen LogP contribution is 2.28. The van der Waals surface area contributed by atoms with Gasteiger partial charge in [0.05, 0.1) is 6.61 Å². The van der Waals surface area contributed by atoms with Crippen molar-refractivity contribution in [1.29, 1.82) is 0 Å².